The van der Waals surface area contributed by atoms with Gasteiger partial charge in [0.1, 0.15) is 0 Å². The summed E-state index contributed by atoms with van der Waals surface area (Å²) in [7, 11) is 0. The van der Waals surface area contributed by atoms with E-state index in [1.807, 2.05) is 13.8 Å². The number of carboxylic acids is 4. The van der Waals surface area contributed by atoms with Gasteiger partial charge in [0.25, 0.3) is 0 Å². The number of aliphatic carboxylic acids is 4. The first-order valence-corrected chi connectivity index (χ1v) is 11.6. The lowest BCUT2D eigenvalue weighted by molar-refractivity contribution is -0.132. The van der Waals surface area contributed by atoms with Crippen LogP contribution in [0.25, 0.3) is 0 Å². The first-order valence-electron chi connectivity index (χ1n) is 11.6. The van der Waals surface area contributed by atoms with Crippen molar-refractivity contribution in [3.8, 4) is 0 Å². The largest absolute Gasteiger partial charge is 0.478 e. The normalized spacial score (nSPS) is 9.20. The molecule has 0 spiro atoms. The predicted molar refractivity (Wildman–Crippen MR) is 149 cm³/mol. The minimum atomic E-state index is -0.981. The zero-order chi connectivity index (χ0) is 33.2. The molecule has 0 bridgehead atoms. The van der Waals surface area contributed by atoms with Gasteiger partial charge in [-0.15, -0.1) is 0 Å². The number of carboxylic acid groups (broad SMARTS) is 4. The van der Waals surface area contributed by atoms with Gasteiger partial charge < -0.3 is 51.1 Å². The summed E-state index contributed by atoms with van der Waals surface area (Å²) in [5.41, 5.74) is -1.32. The van der Waals surface area contributed by atoms with Crippen molar-refractivity contribution < 1.29 is 70.2 Å². The Morgan fingerprint density at radius 1 is 0.475 bits per heavy atom. The molecule has 0 saturated heterocycles. The van der Waals surface area contributed by atoms with Crippen molar-refractivity contribution in [2.75, 3.05) is 39.6 Å². The predicted octanol–water partition coefficient (Wildman–Crippen LogP) is 0.528. The lowest BCUT2D eigenvalue weighted by atomic mass is 9.86. The number of hydrogen-bond acceptors (Lipinski definition) is 10. The fourth-order valence-corrected chi connectivity index (χ4v) is 1.84. The number of aliphatic hydroxyl groups is 6. The lowest BCUT2D eigenvalue weighted by Gasteiger charge is -2.26. The second-order valence-corrected chi connectivity index (χ2v) is 7.62. The first kappa shape index (κ1) is 49.5. The Labute approximate surface area is 235 Å². The standard InChI is InChI=1S/2C7H16O3.4C3H4O2/c2*1-2-3-7(4-8,5-9)6-10;4*1-2-3(4)5/h2*8-10H,2-6H2,1H3;4*2H,1H2,(H,4,5). The van der Waals surface area contributed by atoms with E-state index in [2.05, 4.69) is 26.3 Å². The van der Waals surface area contributed by atoms with Crippen LogP contribution in [0.15, 0.2) is 50.6 Å². The number of aliphatic hydroxyl groups excluding tert-OH is 6. The van der Waals surface area contributed by atoms with Gasteiger partial charge in [-0.1, -0.05) is 53.0 Å². The minimum absolute atomic E-state index is 0.145. The highest BCUT2D eigenvalue weighted by atomic mass is 16.4. The lowest BCUT2D eigenvalue weighted by Crippen LogP contribution is -2.33. The fourth-order valence-electron chi connectivity index (χ4n) is 1.84. The summed E-state index contributed by atoms with van der Waals surface area (Å²) in [4.78, 5) is 37.0. The molecule has 0 rings (SSSR count). The van der Waals surface area contributed by atoms with Crippen molar-refractivity contribution in [2.24, 2.45) is 10.8 Å². The molecule has 0 aromatic rings. The molecule has 40 heavy (non-hydrogen) atoms. The van der Waals surface area contributed by atoms with Gasteiger partial charge in [0.05, 0.1) is 39.6 Å². The highest BCUT2D eigenvalue weighted by Gasteiger charge is 2.27. The Balaban J connectivity index is -0.0000000899. The van der Waals surface area contributed by atoms with E-state index >= 15 is 0 Å². The Morgan fingerprint density at radius 2 is 0.600 bits per heavy atom. The Morgan fingerprint density at radius 3 is 0.625 bits per heavy atom. The van der Waals surface area contributed by atoms with Gasteiger partial charge in [-0.3, -0.25) is 0 Å². The van der Waals surface area contributed by atoms with Gasteiger partial charge in [-0.05, 0) is 12.8 Å². The molecule has 0 aliphatic heterocycles. The molecule has 10 N–H and O–H groups in total. The summed E-state index contributed by atoms with van der Waals surface area (Å²) >= 11 is 0. The van der Waals surface area contributed by atoms with Crippen LogP contribution < -0.4 is 0 Å². The van der Waals surface area contributed by atoms with Crippen LogP contribution in [-0.2, 0) is 19.2 Å². The zero-order valence-corrected chi connectivity index (χ0v) is 23.3. The average Bonchev–Trinajstić information content (AvgIpc) is 2.96. The van der Waals surface area contributed by atoms with Gasteiger partial charge in [0, 0.05) is 35.1 Å². The molecule has 14 nitrogen and oxygen atoms in total. The van der Waals surface area contributed by atoms with E-state index < -0.39 is 34.7 Å². The van der Waals surface area contributed by atoms with Gasteiger partial charge in [0.15, 0.2) is 0 Å². The summed E-state index contributed by atoms with van der Waals surface area (Å²) in [6.45, 7) is 14.9. The van der Waals surface area contributed by atoms with Crippen LogP contribution in [0, 0.1) is 10.8 Å². The van der Waals surface area contributed by atoms with Crippen LogP contribution in [0.2, 0.25) is 0 Å². The molecule has 0 unspecified atom stereocenters. The third-order valence-corrected chi connectivity index (χ3v) is 4.27. The van der Waals surface area contributed by atoms with E-state index in [4.69, 9.17) is 51.1 Å². The molecule has 0 atom stereocenters. The van der Waals surface area contributed by atoms with E-state index in [-0.39, 0.29) is 39.6 Å². The maximum atomic E-state index is 9.25. The molecule has 0 aromatic heterocycles. The van der Waals surface area contributed by atoms with E-state index in [0.29, 0.717) is 12.8 Å². The number of rotatable bonds is 14. The summed E-state index contributed by atoms with van der Waals surface area (Å²) < 4.78 is 0. The molecule has 0 radical (unpaired) electrons. The second kappa shape index (κ2) is 35.6. The molecule has 236 valence electrons. The second-order valence-electron chi connectivity index (χ2n) is 7.62. The van der Waals surface area contributed by atoms with E-state index in [1.54, 1.807) is 0 Å². The molecule has 0 fully saturated rings. The summed E-state index contributed by atoms with van der Waals surface area (Å²) in [6.07, 6.45) is 6.39. The quantitative estimate of drug-likeness (QED) is 0.125. The number of carbonyl (C=O) groups is 4. The molecular weight excluding hydrogens is 536 g/mol. The molecule has 0 aliphatic rings. The van der Waals surface area contributed by atoms with Gasteiger partial charge in [0.2, 0.25) is 0 Å². The molecule has 0 aliphatic carbocycles. The third-order valence-electron chi connectivity index (χ3n) is 4.27. The Hall–Kier alpha value is -3.40. The van der Waals surface area contributed by atoms with Gasteiger partial charge in [-0.2, -0.15) is 0 Å². The summed E-state index contributed by atoms with van der Waals surface area (Å²) in [5, 5.41) is 83.1. The van der Waals surface area contributed by atoms with E-state index in [0.717, 1.165) is 37.1 Å². The number of hydrogen-bond donors (Lipinski definition) is 10. The summed E-state index contributed by atoms with van der Waals surface area (Å²) in [6, 6.07) is 0. The SMILES string of the molecule is C=CC(=O)O.C=CC(=O)O.C=CC(=O)O.C=CC(=O)O.CCCC(CO)(CO)CO.CCCC(CO)(CO)CO. The van der Waals surface area contributed by atoms with Crippen molar-refractivity contribution in [2.45, 2.75) is 39.5 Å². The van der Waals surface area contributed by atoms with Crippen molar-refractivity contribution in [3.05, 3.63) is 50.6 Å². The molecule has 0 saturated carbocycles. The Bertz CT molecular complexity index is 570. The monoisotopic (exact) mass is 584 g/mol. The highest BCUT2D eigenvalue weighted by molar-refractivity contribution is 5.79. The van der Waals surface area contributed by atoms with E-state index in [1.165, 1.54) is 0 Å². The van der Waals surface area contributed by atoms with Crippen LogP contribution in [0.5, 0.6) is 0 Å². The van der Waals surface area contributed by atoms with E-state index in [9.17, 15) is 19.2 Å². The average molecular weight is 585 g/mol. The van der Waals surface area contributed by atoms with Crippen molar-refractivity contribution in [1.29, 1.82) is 0 Å². The molecule has 0 amide bonds. The maximum absolute atomic E-state index is 9.25. The van der Waals surface area contributed by atoms with Crippen LogP contribution in [0.1, 0.15) is 39.5 Å². The van der Waals surface area contributed by atoms with Crippen molar-refractivity contribution >= 4 is 23.9 Å². The minimum Gasteiger partial charge on any atom is -0.478 e. The first-order chi connectivity index (χ1) is 18.6. The molecular formula is C26H48O14. The highest BCUT2D eigenvalue weighted by Crippen LogP contribution is 2.21. The fraction of sp³-hybridized carbons (Fsp3) is 0.538. The van der Waals surface area contributed by atoms with Crippen molar-refractivity contribution in [1.82, 2.24) is 0 Å². The topological polar surface area (TPSA) is 271 Å². The summed E-state index contributed by atoms with van der Waals surface area (Å²) in [5.74, 6) is -3.93. The Kier molecular flexibility index (Phi) is 44.1. The van der Waals surface area contributed by atoms with Crippen LogP contribution in [0.3, 0.4) is 0 Å². The van der Waals surface area contributed by atoms with Crippen LogP contribution in [0.4, 0.5) is 0 Å². The smallest absolute Gasteiger partial charge is 0.327 e. The molecule has 0 heterocycles. The van der Waals surface area contributed by atoms with Crippen LogP contribution in [-0.4, -0.2) is 115 Å². The van der Waals surface area contributed by atoms with Gasteiger partial charge >= 0.3 is 23.9 Å². The van der Waals surface area contributed by atoms with Crippen molar-refractivity contribution in [3.63, 3.8) is 0 Å². The third kappa shape index (κ3) is 41.7. The van der Waals surface area contributed by atoms with Crippen LogP contribution >= 0.6 is 0 Å². The molecule has 14 heteroatoms. The molecule has 0 aromatic carbocycles. The zero-order valence-electron chi connectivity index (χ0n) is 23.3. The maximum Gasteiger partial charge on any atom is 0.327 e. The van der Waals surface area contributed by atoms with Gasteiger partial charge in [-0.25, -0.2) is 19.2 Å².